The zero-order chi connectivity index (χ0) is 14.6. The Hall–Kier alpha value is -1.35. The monoisotopic (exact) mass is 293 g/mol. The second kappa shape index (κ2) is 6.40. The minimum atomic E-state index is -3.45. The Labute approximate surface area is 120 Å². The summed E-state index contributed by atoms with van der Waals surface area (Å²) in [6.07, 6.45) is 4.00. The summed E-state index contributed by atoms with van der Waals surface area (Å²) in [5.74, 6) is 5.36. The molecular weight excluding hydrogens is 274 g/mol. The van der Waals surface area contributed by atoms with Gasteiger partial charge in [0.15, 0.2) is 0 Å². The van der Waals surface area contributed by atoms with Gasteiger partial charge in [0.25, 0.3) is 0 Å². The number of nitrogens with one attached hydrogen (secondary N) is 1. The fourth-order valence-electron chi connectivity index (χ4n) is 2.41. The van der Waals surface area contributed by atoms with E-state index in [9.17, 15) is 8.42 Å². The molecule has 1 aliphatic rings. The zero-order valence-corrected chi connectivity index (χ0v) is 12.3. The molecule has 4 nitrogen and oxygen atoms in total. The van der Waals surface area contributed by atoms with Gasteiger partial charge in [-0.05, 0) is 43.5 Å². The zero-order valence-electron chi connectivity index (χ0n) is 11.5. The predicted molar refractivity (Wildman–Crippen MR) is 77.7 cm³/mol. The number of rotatable bonds is 3. The molecule has 0 unspecified atom stereocenters. The Bertz CT molecular complexity index is 635. The van der Waals surface area contributed by atoms with Crippen molar-refractivity contribution in [2.45, 2.75) is 43.5 Å². The maximum absolute atomic E-state index is 12.3. The number of aliphatic hydroxyl groups excluding tert-OH is 1. The normalized spacial score (nSPS) is 15.9. The van der Waals surface area contributed by atoms with Crippen molar-refractivity contribution in [2.75, 3.05) is 6.61 Å². The van der Waals surface area contributed by atoms with Crippen molar-refractivity contribution in [1.29, 1.82) is 0 Å². The molecule has 0 atom stereocenters. The first kappa shape index (κ1) is 15.0. The van der Waals surface area contributed by atoms with Crippen molar-refractivity contribution in [2.24, 2.45) is 0 Å². The highest BCUT2D eigenvalue weighted by Crippen LogP contribution is 2.21. The van der Waals surface area contributed by atoms with E-state index in [2.05, 4.69) is 16.6 Å². The molecule has 2 N–H and O–H groups in total. The first-order valence-corrected chi connectivity index (χ1v) is 8.24. The quantitative estimate of drug-likeness (QED) is 0.831. The van der Waals surface area contributed by atoms with E-state index >= 15 is 0 Å². The predicted octanol–water partition coefficient (Wildman–Crippen LogP) is 1.56. The summed E-state index contributed by atoms with van der Waals surface area (Å²) in [6.45, 7) is 1.61. The molecule has 2 rings (SSSR count). The van der Waals surface area contributed by atoms with E-state index in [1.54, 1.807) is 18.2 Å². The van der Waals surface area contributed by atoms with Gasteiger partial charge in [-0.1, -0.05) is 24.7 Å². The third-order valence-corrected chi connectivity index (χ3v) is 5.01. The van der Waals surface area contributed by atoms with Crippen molar-refractivity contribution in [3.05, 3.63) is 29.3 Å². The summed E-state index contributed by atoms with van der Waals surface area (Å²) in [4.78, 5) is 0.274. The van der Waals surface area contributed by atoms with Crippen LogP contribution in [0.4, 0.5) is 0 Å². The molecule has 0 aliphatic heterocycles. The van der Waals surface area contributed by atoms with Crippen molar-refractivity contribution < 1.29 is 13.5 Å². The number of benzene rings is 1. The van der Waals surface area contributed by atoms with Gasteiger partial charge in [-0.3, -0.25) is 0 Å². The minimum Gasteiger partial charge on any atom is -0.384 e. The fraction of sp³-hybridized carbons (Fsp3) is 0.467. The van der Waals surface area contributed by atoms with Crippen LogP contribution < -0.4 is 4.72 Å². The minimum absolute atomic E-state index is 0.0640. The van der Waals surface area contributed by atoms with Gasteiger partial charge in [0.05, 0.1) is 4.90 Å². The fourth-order valence-corrected chi connectivity index (χ4v) is 3.80. The van der Waals surface area contributed by atoms with Crippen LogP contribution >= 0.6 is 0 Å². The van der Waals surface area contributed by atoms with Gasteiger partial charge in [0, 0.05) is 11.6 Å². The lowest BCUT2D eigenvalue weighted by atomic mass is 10.1. The summed E-state index contributed by atoms with van der Waals surface area (Å²) in [6, 6.07) is 4.93. The Kier molecular flexibility index (Phi) is 4.81. The molecule has 1 aliphatic carbocycles. The standard InChI is InChI=1S/C15H19NO3S/c1-12-11-15(9-8-13(12)5-4-10-17)20(18,19)16-14-6-2-3-7-14/h8-9,11,14,16-17H,2-3,6-7,10H2,1H3. The van der Waals surface area contributed by atoms with Gasteiger partial charge in [0.2, 0.25) is 10.0 Å². The van der Waals surface area contributed by atoms with E-state index in [-0.39, 0.29) is 17.5 Å². The number of aryl methyl sites for hydroxylation is 1. The number of hydrogen-bond acceptors (Lipinski definition) is 3. The van der Waals surface area contributed by atoms with Crippen LogP contribution in [-0.4, -0.2) is 26.2 Å². The van der Waals surface area contributed by atoms with Crippen LogP contribution in [0.2, 0.25) is 0 Å². The molecule has 108 valence electrons. The second-order valence-electron chi connectivity index (χ2n) is 5.04. The van der Waals surface area contributed by atoms with Gasteiger partial charge in [-0.25, -0.2) is 13.1 Å². The summed E-state index contributed by atoms with van der Waals surface area (Å²) >= 11 is 0. The Morgan fingerprint density at radius 1 is 1.35 bits per heavy atom. The Balaban J connectivity index is 2.21. The molecule has 1 fully saturated rings. The maximum Gasteiger partial charge on any atom is 0.240 e. The third-order valence-electron chi connectivity index (χ3n) is 3.49. The molecular formula is C15H19NO3S. The number of aliphatic hydroxyl groups is 1. The molecule has 20 heavy (non-hydrogen) atoms. The molecule has 5 heteroatoms. The topological polar surface area (TPSA) is 66.4 Å². The van der Waals surface area contributed by atoms with Crippen LogP contribution in [-0.2, 0) is 10.0 Å². The largest absolute Gasteiger partial charge is 0.384 e. The number of hydrogen-bond donors (Lipinski definition) is 2. The lowest BCUT2D eigenvalue weighted by molar-refractivity contribution is 0.350. The van der Waals surface area contributed by atoms with E-state index in [0.29, 0.717) is 0 Å². The average molecular weight is 293 g/mol. The van der Waals surface area contributed by atoms with Gasteiger partial charge in [-0.15, -0.1) is 0 Å². The van der Waals surface area contributed by atoms with Crippen LogP contribution in [0.1, 0.15) is 36.8 Å². The maximum atomic E-state index is 12.3. The molecule has 0 amide bonds. The molecule has 0 saturated heterocycles. The van der Waals surface area contributed by atoms with Crippen LogP contribution in [0.25, 0.3) is 0 Å². The highest BCUT2D eigenvalue weighted by molar-refractivity contribution is 7.89. The summed E-state index contributed by atoms with van der Waals surface area (Å²) < 4.78 is 27.3. The van der Waals surface area contributed by atoms with Crippen molar-refractivity contribution >= 4 is 10.0 Å². The smallest absolute Gasteiger partial charge is 0.240 e. The Morgan fingerprint density at radius 3 is 2.65 bits per heavy atom. The highest BCUT2D eigenvalue weighted by Gasteiger charge is 2.23. The molecule has 1 aromatic carbocycles. The van der Waals surface area contributed by atoms with Crippen LogP contribution in [0.3, 0.4) is 0 Å². The van der Waals surface area contributed by atoms with E-state index in [0.717, 1.165) is 36.8 Å². The molecule has 1 aromatic rings. The lowest BCUT2D eigenvalue weighted by Crippen LogP contribution is -2.32. The molecule has 0 spiro atoms. The summed E-state index contributed by atoms with van der Waals surface area (Å²) in [5, 5.41) is 8.68. The lowest BCUT2D eigenvalue weighted by Gasteiger charge is -2.13. The first-order chi connectivity index (χ1) is 9.53. The van der Waals surface area contributed by atoms with Crippen LogP contribution in [0, 0.1) is 18.8 Å². The molecule has 1 saturated carbocycles. The van der Waals surface area contributed by atoms with Crippen molar-refractivity contribution in [3.63, 3.8) is 0 Å². The van der Waals surface area contributed by atoms with Crippen molar-refractivity contribution in [1.82, 2.24) is 4.72 Å². The van der Waals surface area contributed by atoms with E-state index in [4.69, 9.17) is 5.11 Å². The van der Waals surface area contributed by atoms with Gasteiger partial charge in [0.1, 0.15) is 6.61 Å². The molecule has 0 heterocycles. The first-order valence-electron chi connectivity index (χ1n) is 6.75. The van der Waals surface area contributed by atoms with E-state index in [1.165, 1.54) is 0 Å². The van der Waals surface area contributed by atoms with Crippen molar-refractivity contribution in [3.8, 4) is 11.8 Å². The van der Waals surface area contributed by atoms with Crippen LogP contribution in [0.15, 0.2) is 23.1 Å². The van der Waals surface area contributed by atoms with Gasteiger partial charge in [-0.2, -0.15) is 0 Å². The molecule has 0 bridgehead atoms. The van der Waals surface area contributed by atoms with E-state index < -0.39 is 10.0 Å². The van der Waals surface area contributed by atoms with Gasteiger partial charge >= 0.3 is 0 Å². The second-order valence-corrected chi connectivity index (χ2v) is 6.75. The average Bonchev–Trinajstić information content (AvgIpc) is 2.89. The number of sulfonamides is 1. The van der Waals surface area contributed by atoms with E-state index in [1.807, 2.05) is 6.92 Å². The molecule has 0 radical (unpaired) electrons. The molecule has 0 aromatic heterocycles. The highest BCUT2D eigenvalue weighted by atomic mass is 32.2. The SMILES string of the molecule is Cc1cc(S(=O)(=O)NC2CCCC2)ccc1C#CCO. The van der Waals surface area contributed by atoms with Crippen LogP contribution in [0.5, 0.6) is 0 Å². The summed E-state index contributed by atoms with van der Waals surface area (Å²) in [5.41, 5.74) is 1.53. The third kappa shape index (κ3) is 3.60. The summed E-state index contributed by atoms with van der Waals surface area (Å²) in [7, 11) is -3.45. The Morgan fingerprint density at radius 2 is 2.05 bits per heavy atom. The van der Waals surface area contributed by atoms with Gasteiger partial charge < -0.3 is 5.11 Å².